The van der Waals surface area contributed by atoms with Crippen molar-refractivity contribution in [2.75, 3.05) is 12.4 Å². The van der Waals surface area contributed by atoms with Crippen molar-refractivity contribution in [3.05, 3.63) is 63.6 Å². The van der Waals surface area contributed by atoms with Crippen molar-refractivity contribution in [1.82, 2.24) is 0 Å². The molecule has 0 heterocycles. The Morgan fingerprint density at radius 3 is 2.81 bits per heavy atom. The summed E-state index contributed by atoms with van der Waals surface area (Å²) in [6.45, 7) is 0.427. The van der Waals surface area contributed by atoms with E-state index in [1.54, 1.807) is 18.2 Å². The summed E-state index contributed by atoms with van der Waals surface area (Å²) in [5, 5.41) is 12.3. The molecule has 21 heavy (non-hydrogen) atoms. The highest BCUT2D eigenvalue weighted by Gasteiger charge is 2.11. The highest BCUT2D eigenvalue weighted by atomic mass is 79.9. The molecule has 0 fully saturated rings. The van der Waals surface area contributed by atoms with Crippen molar-refractivity contribution in [3.63, 3.8) is 0 Å². The summed E-state index contributed by atoms with van der Waals surface area (Å²) in [5.41, 5.74) is 2.59. The number of nitriles is 1. The number of rotatable bonds is 4. The molecule has 0 saturated carbocycles. The minimum Gasteiger partial charge on any atom is -0.465 e. The van der Waals surface area contributed by atoms with Gasteiger partial charge in [0.1, 0.15) is 6.07 Å². The van der Waals surface area contributed by atoms with Crippen molar-refractivity contribution in [2.45, 2.75) is 6.54 Å². The molecule has 0 amide bonds. The van der Waals surface area contributed by atoms with Gasteiger partial charge in [0, 0.05) is 11.0 Å². The van der Waals surface area contributed by atoms with Gasteiger partial charge in [-0.15, -0.1) is 0 Å². The van der Waals surface area contributed by atoms with E-state index >= 15 is 0 Å². The summed E-state index contributed by atoms with van der Waals surface area (Å²) in [5.74, 6) is -0.373. The summed E-state index contributed by atoms with van der Waals surface area (Å²) in [4.78, 5) is 11.7. The standard InChI is InChI=1S/C16H13BrN2O2/c1-21-16(20)14-5-3-2-4-12(14)10-19-15-8-13(17)7-6-11(15)9-18/h2-8,19H,10H2,1H3. The van der Waals surface area contributed by atoms with E-state index in [4.69, 9.17) is 10.00 Å². The van der Waals surface area contributed by atoms with E-state index in [0.717, 1.165) is 10.0 Å². The zero-order valence-corrected chi connectivity index (χ0v) is 13.0. The van der Waals surface area contributed by atoms with Crippen molar-refractivity contribution in [3.8, 4) is 6.07 Å². The number of nitrogens with zero attached hydrogens (tertiary/aromatic N) is 1. The van der Waals surface area contributed by atoms with Crippen LogP contribution < -0.4 is 5.32 Å². The molecular formula is C16H13BrN2O2. The maximum atomic E-state index is 11.7. The molecule has 2 aromatic carbocycles. The highest BCUT2D eigenvalue weighted by molar-refractivity contribution is 9.10. The molecule has 2 rings (SSSR count). The first-order valence-corrected chi connectivity index (χ1v) is 7.04. The van der Waals surface area contributed by atoms with Gasteiger partial charge in [0.2, 0.25) is 0 Å². The van der Waals surface area contributed by atoms with Crippen LogP contribution >= 0.6 is 15.9 Å². The first-order valence-electron chi connectivity index (χ1n) is 6.25. The molecular weight excluding hydrogens is 332 g/mol. The molecule has 0 atom stereocenters. The molecule has 106 valence electrons. The van der Waals surface area contributed by atoms with Gasteiger partial charge in [-0.05, 0) is 29.8 Å². The van der Waals surface area contributed by atoms with Gasteiger partial charge in [-0.2, -0.15) is 5.26 Å². The quantitative estimate of drug-likeness (QED) is 0.858. The number of hydrogen-bond acceptors (Lipinski definition) is 4. The number of methoxy groups -OCH3 is 1. The third-order valence-electron chi connectivity index (χ3n) is 2.99. The normalized spacial score (nSPS) is 9.76. The number of anilines is 1. The van der Waals surface area contributed by atoms with Gasteiger partial charge in [-0.3, -0.25) is 0 Å². The van der Waals surface area contributed by atoms with Crippen molar-refractivity contribution in [1.29, 1.82) is 5.26 Å². The number of benzene rings is 2. The zero-order chi connectivity index (χ0) is 15.2. The van der Waals surface area contributed by atoms with Gasteiger partial charge in [0.05, 0.1) is 23.9 Å². The Bertz CT molecular complexity index is 708. The van der Waals surface area contributed by atoms with Gasteiger partial charge >= 0.3 is 5.97 Å². The zero-order valence-electron chi connectivity index (χ0n) is 11.4. The highest BCUT2D eigenvalue weighted by Crippen LogP contribution is 2.22. The van der Waals surface area contributed by atoms with Crippen LogP contribution in [0.25, 0.3) is 0 Å². The molecule has 1 N–H and O–H groups in total. The fourth-order valence-corrected chi connectivity index (χ4v) is 2.30. The largest absolute Gasteiger partial charge is 0.465 e. The monoisotopic (exact) mass is 344 g/mol. The Balaban J connectivity index is 2.23. The molecule has 4 nitrogen and oxygen atoms in total. The third kappa shape index (κ3) is 3.61. The van der Waals surface area contributed by atoms with E-state index in [1.807, 2.05) is 24.3 Å². The molecule has 0 spiro atoms. The number of carbonyl (C=O) groups is 1. The van der Waals surface area contributed by atoms with Crippen LogP contribution in [0.4, 0.5) is 5.69 Å². The molecule has 0 bridgehead atoms. The van der Waals surface area contributed by atoms with Crippen molar-refractivity contribution in [2.24, 2.45) is 0 Å². The van der Waals surface area contributed by atoms with E-state index in [9.17, 15) is 4.79 Å². The predicted octanol–water partition coefficient (Wildman–Crippen LogP) is 3.72. The lowest BCUT2D eigenvalue weighted by atomic mass is 10.1. The van der Waals surface area contributed by atoms with Gasteiger partial charge in [0.15, 0.2) is 0 Å². The first kappa shape index (κ1) is 15.1. The Kier molecular flexibility index (Phi) is 4.96. The van der Waals surface area contributed by atoms with Gasteiger partial charge in [0.25, 0.3) is 0 Å². The maximum Gasteiger partial charge on any atom is 0.338 e. The van der Waals surface area contributed by atoms with E-state index in [1.165, 1.54) is 7.11 Å². The Labute approximate surface area is 131 Å². The Hall–Kier alpha value is -2.32. The lowest BCUT2D eigenvalue weighted by Crippen LogP contribution is -2.09. The summed E-state index contributed by atoms with van der Waals surface area (Å²) < 4.78 is 5.65. The van der Waals surface area contributed by atoms with Crippen LogP contribution in [0.1, 0.15) is 21.5 Å². The average Bonchev–Trinajstić information content (AvgIpc) is 2.52. The molecule has 0 aromatic heterocycles. The number of carbonyl (C=O) groups excluding carboxylic acids is 1. The van der Waals surface area contributed by atoms with Gasteiger partial charge in [-0.1, -0.05) is 34.1 Å². The molecule has 0 radical (unpaired) electrons. The van der Waals surface area contributed by atoms with Crippen LogP contribution in [0.5, 0.6) is 0 Å². The number of nitrogens with one attached hydrogen (secondary N) is 1. The Morgan fingerprint density at radius 2 is 2.10 bits per heavy atom. The SMILES string of the molecule is COC(=O)c1ccccc1CNc1cc(Br)ccc1C#N. The Morgan fingerprint density at radius 1 is 1.33 bits per heavy atom. The minimum atomic E-state index is -0.373. The van der Waals surface area contributed by atoms with Crippen molar-refractivity contribution < 1.29 is 9.53 Å². The topological polar surface area (TPSA) is 62.1 Å². The second-order valence-corrected chi connectivity index (χ2v) is 5.22. The number of hydrogen-bond donors (Lipinski definition) is 1. The minimum absolute atomic E-state index is 0.373. The fraction of sp³-hybridized carbons (Fsp3) is 0.125. The lowest BCUT2D eigenvalue weighted by molar-refractivity contribution is 0.0599. The summed E-state index contributed by atoms with van der Waals surface area (Å²) in [6, 6.07) is 14.7. The smallest absolute Gasteiger partial charge is 0.338 e. The summed E-state index contributed by atoms with van der Waals surface area (Å²) >= 11 is 3.38. The molecule has 0 aliphatic rings. The molecule has 0 aliphatic heterocycles. The summed E-state index contributed by atoms with van der Waals surface area (Å²) in [6.07, 6.45) is 0. The summed E-state index contributed by atoms with van der Waals surface area (Å²) in [7, 11) is 1.36. The number of esters is 1. The van der Waals surface area contributed by atoms with Gasteiger partial charge < -0.3 is 10.1 Å². The number of ether oxygens (including phenoxy) is 1. The molecule has 2 aromatic rings. The van der Waals surface area contributed by atoms with E-state index < -0.39 is 0 Å². The fourth-order valence-electron chi connectivity index (χ4n) is 1.93. The number of halogens is 1. The average molecular weight is 345 g/mol. The van der Waals surface area contributed by atoms with Gasteiger partial charge in [-0.25, -0.2) is 4.79 Å². The first-order chi connectivity index (χ1) is 10.2. The van der Waals surface area contributed by atoms with Crippen molar-refractivity contribution >= 4 is 27.6 Å². The molecule has 0 saturated heterocycles. The molecule has 0 aliphatic carbocycles. The predicted molar refractivity (Wildman–Crippen MR) is 84.0 cm³/mol. The van der Waals surface area contributed by atoms with E-state index in [-0.39, 0.29) is 5.97 Å². The van der Waals surface area contributed by atoms with Crippen LogP contribution in [-0.4, -0.2) is 13.1 Å². The van der Waals surface area contributed by atoms with E-state index in [2.05, 4.69) is 27.3 Å². The van der Waals surface area contributed by atoms with Crippen LogP contribution in [0.2, 0.25) is 0 Å². The third-order valence-corrected chi connectivity index (χ3v) is 3.49. The van der Waals surface area contributed by atoms with Crippen LogP contribution in [0.15, 0.2) is 46.9 Å². The molecule has 0 unspecified atom stereocenters. The second kappa shape index (κ2) is 6.91. The van der Waals surface area contributed by atoms with Crippen LogP contribution in [-0.2, 0) is 11.3 Å². The molecule has 5 heteroatoms. The van der Waals surface area contributed by atoms with Crippen LogP contribution in [0.3, 0.4) is 0 Å². The lowest BCUT2D eigenvalue weighted by Gasteiger charge is -2.11. The second-order valence-electron chi connectivity index (χ2n) is 4.30. The van der Waals surface area contributed by atoms with E-state index in [0.29, 0.717) is 23.4 Å². The maximum absolute atomic E-state index is 11.7. The van der Waals surface area contributed by atoms with Crippen LogP contribution in [0, 0.1) is 11.3 Å².